The van der Waals surface area contributed by atoms with Gasteiger partial charge in [-0.3, -0.25) is 9.58 Å². The molecule has 1 aliphatic rings. The molecule has 0 radical (unpaired) electrons. The molecule has 0 fully saturated rings. The van der Waals surface area contributed by atoms with Crippen LogP contribution in [0, 0.1) is 0 Å². The summed E-state index contributed by atoms with van der Waals surface area (Å²) < 4.78 is 6.94. The number of hydrogen-bond donors (Lipinski definition) is 1. The standard InChI is InChI=1S/C23H21ClN4O2S/c1-15-20(22(29)30-2)21(26-23(31)28(15)19-10-8-18(24)9-11-19)17-12-25-27(14-17)13-16-6-4-3-5-7-16/h3-12,14,21H,13H2,1-2H3,(H,26,31)/t21-/m1/s1. The van der Waals surface area contributed by atoms with E-state index in [4.69, 9.17) is 28.6 Å². The second-order valence-corrected chi connectivity index (χ2v) is 7.96. The van der Waals surface area contributed by atoms with Gasteiger partial charge in [-0.1, -0.05) is 41.9 Å². The third-order valence-corrected chi connectivity index (χ3v) is 5.70. The number of methoxy groups -OCH3 is 1. The number of anilines is 1. The van der Waals surface area contributed by atoms with Gasteiger partial charge in [0.15, 0.2) is 5.11 Å². The van der Waals surface area contributed by atoms with Crippen LogP contribution in [-0.4, -0.2) is 28.0 Å². The Morgan fingerprint density at radius 2 is 1.90 bits per heavy atom. The van der Waals surface area contributed by atoms with Gasteiger partial charge in [-0.05, 0) is 49.0 Å². The van der Waals surface area contributed by atoms with Crippen LogP contribution in [0.1, 0.15) is 24.1 Å². The molecule has 0 saturated carbocycles. The summed E-state index contributed by atoms with van der Waals surface area (Å²) in [6.07, 6.45) is 3.67. The SMILES string of the molecule is COC(=O)C1=C(C)N(c2ccc(Cl)cc2)C(=S)N[C@@H]1c1cnn(Cc2ccccc2)c1. The van der Waals surface area contributed by atoms with E-state index in [0.717, 1.165) is 16.8 Å². The number of rotatable bonds is 5. The zero-order chi connectivity index (χ0) is 22.0. The van der Waals surface area contributed by atoms with Crippen molar-refractivity contribution < 1.29 is 9.53 Å². The van der Waals surface area contributed by atoms with Gasteiger partial charge in [0.25, 0.3) is 0 Å². The van der Waals surface area contributed by atoms with Gasteiger partial charge < -0.3 is 10.1 Å². The zero-order valence-corrected chi connectivity index (χ0v) is 18.7. The Morgan fingerprint density at radius 1 is 1.19 bits per heavy atom. The largest absolute Gasteiger partial charge is 0.466 e. The first-order valence-corrected chi connectivity index (χ1v) is 10.5. The highest BCUT2D eigenvalue weighted by Gasteiger charge is 2.35. The minimum absolute atomic E-state index is 0.424. The first-order chi connectivity index (χ1) is 15.0. The van der Waals surface area contributed by atoms with Crippen LogP contribution in [-0.2, 0) is 16.1 Å². The molecular weight excluding hydrogens is 432 g/mol. The zero-order valence-electron chi connectivity index (χ0n) is 17.1. The smallest absolute Gasteiger partial charge is 0.337 e. The third-order valence-electron chi connectivity index (χ3n) is 5.15. The minimum atomic E-state index is -0.465. The van der Waals surface area contributed by atoms with Crippen molar-refractivity contribution in [3.05, 3.63) is 94.4 Å². The molecule has 0 bridgehead atoms. The van der Waals surface area contributed by atoms with Crippen LogP contribution in [0.5, 0.6) is 0 Å². The van der Waals surface area contributed by atoms with Gasteiger partial charge in [-0.25, -0.2) is 4.79 Å². The second-order valence-electron chi connectivity index (χ2n) is 7.14. The van der Waals surface area contributed by atoms with E-state index in [9.17, 15) is 4.79 Å². The Bertz CT molecular complexity index is 1140. The number of halogens is 1. The fourth-order valence-corrected chi connectivity index (χ4v) is 4.14. The molecule has 0 unspecified atom stereocenters. The monoisotopic (exact) mass is 452 g/mol. The van der Waals surface area contributed by atoms with Crippen molar-refractivity contribution in [3.8, 4) is 0 Å². The third kappa shape index (κ3) is 4.33. The Balaban J connectivity index is 1.70. The van der Waals surface area contributed by atoms with Crippen LogP contribution >= 0.6 is 23.8 Å². The number of esters is 1. The number of aromatic nitrogens is 2. The van der Waals surface area contributed by atoms with Crippen molar-refractivity contribution in [2.24, 2.45) is 0 Å². The molecule has 4 rings (SSSR count). The Hall–Kier alpha value is -3.16. The van der Waals surface area contributed by atoms with E-state index in [0.29, 0.717) is 27.9 Å². The van der Waals surface area contributed by atoms with E-state index in [-0.39, 0.29) is 0 Å². The molecule has 2 aromatic carbocycles. The summed E-state index contributed by atoms with van der Waals surface area (Å²) in [6, 6.07) is 16.9. The number of nitrogens with one attached hydrogen (secondary N) is 1. The number of carbonyl (C=O) groups excluding carboxylic acids is 1. The summed E-state index contributed by atoms with van der Waals surface area (Å²) in [7, 11) is 1.37. The summed E-state index contributed by atoms with van der Waals surface area (Å²) >= 11 is 11.7. The van der Waals surface area contributed by atoms with Crippen LogP contribution in [0.4, 0.5) is 5.69 Å². The van der Waals surface area contributed by atoms with E-state index >= 15 is 0 Å². The number of thiocarbonyl (C=S) groups is 1. The van der Waals surface area contributed by atoms with Crippen LogP contribution in [0.2, 0.25) is 5.02 Å². The van der Waals surface area contributed by atoms with Crippen LogP contribution < -0.4 is 10.2 Å². The fraction of sp³-hybridized carbons (Fsp3) is 0.174. The number of ether oxygens (including phenoxy) is 1. The first kappa shape index (κ1) is 21.1. The maximum Gasteiger partial charge on any atom is 0.337 e. The topological polar surface area (TPSA) is 59.4 Å². The average Bonchev–Trinajstić information content (AvgIpc) is 3.23. The molecule has 1 aliphatic heterocycles. The molecule has 31 heavy (non-hydrogen) atoms. The van der Waals surface area contributed by atoms with Crippen molar-refractivity contribution in [1.82, 2.24) is 15.1 Å². The molecule has 158 valence electrons. The summed E-state index contributed by atoms with van der Waals surface area (Å²) in [5.74, 6) is -0.424. The lowest BCUT2D eigenvalue weighted by atomic mass is 9.97. The molecule has 8 heteroatoms. The molecule has 1 atom stereocenters. The molecule has 2 heterocycles. The quantitative estimate of drug-likeness (QED) is 0.455. The van der Waals surface area contributed by atoms with Crippen molar-refractivity contribution in [1.29, 1.82) is 0 Å². The van der Waals surface area contributed by atoms with Crippen LogP contribution in [0.3, 0.4) is 0 Å². The molecule has 1 N–H and O–H groups in total. The number of benzene rings is 2. The van der Waals surface area contributed by atoms with Crippen molar-refractivity contribution in [2.45, 2.75) is 19.5 Å². The summed E-state index contributed by atoms with van der Waals surface area (Å²) in [5, 5.41) is 8.86. The number of nitrogens with zero attached hydrogens (tertiary/aromatic N) is 3. The number of allylic oxidation sites excluding steroid dienone is 1. The van der Waals surface area contributed by atoms with Gasteiger partial charge in [-0.2, -0.15) is 5.10 Å². The predicted molar refractivity (Wildman–Crippen MR) is 125 cm³/mol. The predicted octanol–water partition coefficient (Wildman–Crippen LogP) is 4.47. The number of hydrogen-bond acceptors (Lipinski definition) is 4. The Labute approximate surface area is 191 Å². The minimum Gasteiger partial charge on any atom is -0.466 e. The molecular formula is C23H21ClN4O2S. The van der Waals surface area contributed by atoms with Gasteiger partial charge in [-0.15, -0.1) is 0 Å². The summed E-state index contributed by atoms with van der Waals surface area (Å²) in [5.41, 5.74) is 3.94. The normalized spacial score (nSPS) is 16.3. The van der Waals surface area contributed by atoms with Gasteiger partial charge >= 0.3 is 5.97 Å². The fourth-order valence-electron chi connectivity index (χ4n) is 3.65. The summed E-state index contributed by atoms with van der Waals surface area (Å²) in [4.78, 5) is 14.6. The first-order valence-electron chi connectivity index (χ1n) is 9.69. The van der Waals surface area contributed by atoms with Crippen molar-refractivity contribution in [3.63, 3.8) is 0 Å². The van der Waals surface area contributed by atoms with Gasteiger partial charge in [0.05, 0.1) is 31.5 Å². The van der Waals surface area contributed by atoms with Gasteiger partial charge in [0.2, 0.25) is 0 Å². The lowest BCUT2D eigenvalue weighted by Gasteiger charge is -2.37. The van der Waals surface area contributed by atoms with E-state index in [2.05, 4.69) is 10.4 Å². The van der Waals surface area contributed by atoms with Gasteiger partial charge in [0.1, 0.15) is 0 Å². The lowest BCUT2D eigenvalue weighted by Crippen LogP contribution is -2.48. The number of carbonyl (C=O) groups is 1. The van der Waals surface area contributed by atoms with E-state index < -0.39 is 12.0 Å². The van der Waals surface area contributed by atoms with Crippen molar-refractivity contribution in [2.75, 3.05) is 12.0 Å². The maximum absolute atomic E-state index is 12.8. The van der Waals surface area contributed by atoms with Crippen molar-refractivity contribution >= 4 is 40.6 Å². The molecule has 3 aromatic rings. The summed E-state index contributed by atoms with van der Waals surface area (Å²) in [6.45, 7) is 2.49. The van der Waals surface area contributed by atoms with Crippen LogP contribution in [0.25, 0.3) is 0 Å². The lowest BCUT2D eigenvalue weighted by molar-refractivity contribution is -0.136. The maximum atomic E-state index is 12.8. The molecule has 0 spiro atoms. The second kappa shape index (κ2) is 8.91. The molecule has 1 aromatic heterocycles. The Kier molecular flexibility index (Phi) is 6.06. The van der Waals surface area contributed by atoms with Crippen LogP contribution in [0.15, 0.2) is 78.3 Å². The van der Waals surface area contributed by atoms with E-state index in [1.165, 1.54) is 7.11 Å². The molecule has 0 amide bonds. The Morgan fingerprint density at radius 3 is 2.58 bits per heavy atom. The highest BCUT2D eigenvalue weighted by molar-refractivity contribution is 7.80. The molecule has 6 nitrogen and oxygen atoms in total. The highest BCUT2D eigenvalue weighted by atomic mass is 35.5. The average molecular weight is 453 g/mol. The highest BCUT2D eigenvalue weighted by Crippen LogP contribution is 2.34. The molecule has 0 aliphatic carbocycles. The molecule has 0 saturated heterocycles. The van der Waals surface area contributed by atoms with E-state index in [1.807, 2.05) is 65.2 Å². The van der Waals surface area contributed by atoms with Gasteiger partial charge in [0, 0.05) is 28.2 Å². The van der Waals surface area contributed by atoms with E-state index in [1.54, 1.807) is 18.3 Å².